The van der Waals surface area contributed by atoms with Crippen LogP contribution in [0, 0.1) is 0 Å². The van der Waals surface area contributed by atoms with Crippen LogP contribution in [0.15, 0.2) is 11.8 Å². The topological polar surface area (TPSA) is 9.23 Å². The highest BCUT2D eigenvalue weighted by Gasteiger charge is 2.39. The molecule has 1 rings (SSSR count). The zero-order valence-corrected chi connectivity index (χ0v) is 9.86. The first-order chi connectivity index (χ1) is 6.93. The Labute approximate surface area is 90.0 Å². The third-order valence-corrected chi connectivity index (χ3v) is 4.83. The van der Waals surface area contributed by atoms with E-state index in [1.165, 1.54) is 0 Å². The van der Waals surface area contributed by atoms with Gasteiger partial charge in [-0.3, -0.25) is 0 Å². The maximum Gasteiger partial charge on any atom is 0.281 e. The summed E-state index contributed by atoms with van der Waals surface area (Å²) >= 11 is 0. The molecule has 1 nitrogen and oxygen atoms in total. The fourth-order valence-electron chi connectivity index (χ4n) is 1.46. The lowest BCUT2D eigenvalue weighted by Crippen LogP contribution is -2.33. The Balaban J connectivity index is 2.47. The van der Waals surface area contributed by atoms with Crippen molar-refractivity contribution in [3.63, 3.8) is 0 Å². The summed E-state index contributed by atoms with van der Waals surface area (Å²) in [5.74, 6) is -3.30. The smallest absolute Gasteiger partial charge is 0.281 e. The molecule has 0 spiro atoms. The van der Waals surface area contributed by atoms with Crippen molar-refractivity contribution >= 4 is 9.04 Å². The van der Waals surface area contributed by atoms with Crippen LogP contribution in [0.4, 0.5) is 13.2 Å². The summed E-state index contributed by atoms with van der Waals surface area (Å²) in [6.07, 6.45) is -0.708. The van der Waals surface area contributed by atoms with E-state index in [9.17, 15) is 13.2 Å². The molecule has 5 heteroatoms. The van der Waals surface area contributed by atoms with Gasteiger partial charge in [-0.2, -0.15) is 0 Å². The van der Waals surface area contributed by atoms with Gasteiger partial charge >= 0.3 is 0 Å². The van der Waals surface area contributed by atoms with Crippen molar-refractivity contribution < 1.29 is 17.6 Å². The standard InChI is InChI=1S/C10H16F3OSi/c1-8(7-10(12,13)9(2)11)15-6-4-3-5-14-15/h9H,1,3-7H2,2H3. The second-order valence-corrected chi connectivity index (χ2v) is 6.23. The Hall–Kier alpha value is -0.293. The van der Waals surface area contributed by atoms with Gasteiger partial charge in [0.1, 0.15) is 0 Å². The third-order valence-electron chi connectivity index (χ3n) is 2.50. The van der Waals surface area contributed by atoms with E-state index in [1.807, 2.05) is 0 Å². The lowest BCUT2D eigenvalue weighted by atomic mass is 10.1. The van der Waals surface area contributed by atoms with Crippen LogP contribution in [0.5, 0.6) is 0 Å². The lowest BCUT2D eigenvalue weighted by Gasteiger charge is -2.25. The number of rotatable bonds is 4. The van der Waals surface area contributed by atoms with Crippen molar-refractivity contribution in [1.29, 1.82) is 0 Å². The highest BCUT2D eigenvalue weighted by Crippen LogP contribution is 2.31. The Morgan fingerprint density at radius 1 is 1.53 bits per heavy atom. The monoisotopic (exact) mass is 237 g/mol. The second kappa shape index (κ2) is 5.16. The predicted octanol–water partition coefficient (Wildman–Crippen LogP) is 3.27. The molecule has 1 aliphatic heterocycles. The quantitative estimate of drug-likeness (QED) is 0.682. The van der Waals surface area contributed by atoms with Crippen molar-refractivity contribution in [3.05, 3.63) is 11.8 Å². The summed E-state index contributed by atoms with van der Waals surface area (Å²) < 4.78 is 44.2. The molecule has 0 amide bonds. The number of halogens is 3. The molecule has 1 heterocycles. The molecule has 15 heavy (non-hydrogen) atoms. The molecule has 0 aliphatic carbocycles. The van der Waals surface area contributed by atoms with E-state index in [0.29, 0.717) is 11.8 Å². The molecule has 0 N–H and O–H groups in total. The van der Waals surface area contributed by atoms with E-state index in [0.717, 1.165) is 25.8 Å². The summed E-state index contributed by atoms with van der Waals surface area (Å²) in [6.45, 7) is 5.13. The lowest BCUT2D eigenvalue weighted by molar-refractivity contribution is -0.0627. The summed E-state index contributed by atoms with van der Waals surface area (Å²) in [6, 6.07) is 0.820. The zero-order chi connectivity index (χ0) is 11.5. The van der Waals surface area contributed by atoms with Gasteiger partial charge in [-0.25, -0.2) is 13.2 Å². The molecule has 1 aliphatic rings. The Kier molecular flexibility index (Phi) is 4.40. The van der Waals surface area contributed by atoms with Crippen LogP contribution in [0.25, 0.3) is 0 Å². The van der Waals surface area contributed by atoms with Gasteiger partial charge in [-0.1, -0.05) is 11.6 Å². The minimum atomic E-state index is -3.30. The molecule has 1 radical (unpaired) electrons. The van der Waals surface area contributed by atoms with Crippen molar-refractivity contribution in [2.24, 2.45) is 0 Å². The molecule has 1 fully saturated rings. The minimum Gasteiger partial charge on any atom is -0.412 e. The molecule has 1 saturated heterocycles. The van der Waals surface area contributed by atoms with E-state index in [-0.39, 0.29) is 0 Å². The highest BCUT2D eigenvalue weighted by atomic mass is 28.3. The molecule has 0 saturated carbocycles. The number of allylic oxidation sites excluding steroid dienone is 1. The fraction of sp³-hybridized carbons (Fsp3) is 0.800. The van der Waals surface area contributed by atoms with Crippen molar-refractivity contribution in [2.45, 2.75) is 44.3 Å². The Bertz CT molecular complexity index is 225. The molecule has 0 aromatic carbocycles. The van der Waals surface area contributed by atoms with Crippen molar-refractivity contribution in [1.82, 2.24) is 0 Å². The van der Waals surface area contributed by atoms with Gasteiger partial charge in [0.05, 0.1) is 0 Å². The van der Waals surface area contributed by atoms with Crippen LogP contribution in [0.3, 0.4) is 0 Å². The van der Waals surface area contributed by atoms with Crippen molar-refractivity contribution in [3.8, 4) is 0 Å². The largest absolute Gasteiger partial charge is 0.412 e. The maximum atomic E-state index is 13.1. The third kappa shape index (κ3) is 3.64. The van der Waals surface area contributed by atoms with Crippen LogP contribution in [0.1, 0.15) is 26.2 Å². The predicted molar refractivity (Wildman–Crippen MR) is 55.0 cm³/mol. The van der Waals surface area contributed by atoms with E-state index < -0.39 is 27.6 Å². The van der Waals surface area contributed by atoms with Gasteiger partial charge in [0.25, 0.3) is 5.92 Å². The van der Waals surface area contributed by atoms with Crippen LogP contribution in [0.2, 0.25) is 6.04 Å². The van der Waals surface area contributed by atoms with Gasteiger partial charge in [0, 0.05) is 13.0 Å². The molecule has 0 aromatic rings. The van der Waals surface area contributed by atoms with E-state index >= 15 is 0 Å². The normalized spacial score (nSPS) is 21.3. The zero-order valence-electron chi connectivity index (χ0n) is 8.86. The number of hydrogen-bond donors (Lipinski definition) is 0. The summed E-state index contributed by atoms with van der Waals surface area (Å²) in [4.78, 5) is 0. The van der Waals surface area contributed by atoms with E-state index in [1.54, 1.807) is 0 Å². The summed E-state index contributed by atoms with van der Waals surface area (Å²) in [7, 11) is -1.33. The summed E-state index contributed by atoms with van der Waals surface area (Å²) in [5.41, 5.74) is 0. The van der Waals surface area contributed by atoms with Crippen LogP contribution >= 0.6 is 0 Å². The average molecular weight is 237 g/mol. The molecule has 1 unspecified atom stereocenters. The molecular formula is C10H16F3OSi. The fourth-order valence-corrected chi connectivity index (χ4v) is 3.55. The van der Waals surface area contributed by atoms with Crippen LogP contribution in [-0.4, -0.2) is 27.7 Å². The van der Waals surface area contributed by atoms with Gasteiger partial charge in [-0.15, -0.1) is 6.58 Å². The Morgan fingerprint density at radius 2 is 2.20 bits per heavy atom. The van der Waals surface area contributed by atoms with Gasteiger partial charge in [0.2, 0.25) is 9.04 Å². The number of hydrogen-bond acceptors (Lipinski definition) is 1. The van der Waals surface area contributed by atoms with Crippen LogP contribution in [-0.2, 0) is 4.43 Å². The average Bonchev–Trinajstić information content (AvgIpc) is 2.18. The first kappa shape index (κ1) is 12.8. The van der Waals surface area contributed by atoms with Crippen LogP contribution < -0.4 is 0 Å². The molecule has 87 valence electrons. The SMILES string of the molecule is C=C(CC(F)(F)C(C)F)[Si]1CCCCO1. The highest BCUT2D eigenvalue weighted by molar-refractivity contribution is 6.60. The van der Waals surface area contributed by atoms with Gasteiger partial charge in [-0.05, 0) is 19.4 Å². The molecule has 1 atom stereocenters. The molecule has 0 bridgehead atoms. The second-order valence-electron chi connectivity index (χ2n) is 3.89. The van der Waals surface area contributed by atoms with Gasteiger partial charge < -0.3 is 4.43 Å². The molecular weight excluding hydrogens is 221 g/mol. The first-order valence-corrected chi connectivity index (χ1v) is 6.73. The van der Waals surface area contributed by atoms with E-state index in [2.05, 4.69) is 6.58 Å². The summed E-state index contributed by atoms with van der Waals surface area (Å²) in [5, 5.41) is 0.411. The van der Waals surface area contributed by atoms with E-state index in [4.69, 9.17) is 4.43 Å². The van der Waals surface area contributed by atoms with Crippen molar-refractivity contribution in [2.75, 3.05) is 6.61 Å². The minimum absolute atomic E-state index is 0.411. The first-order valence-electron chi connectivity index (χ1n) is 5.12. The van der Waals surface area contributed by atoms with Gasteiger partial charge in [0.15, 0.2) is 6.17 Å². The maximum absolute atomic E-state index is 13.1. The number of alkyl halides is 3. The Morgan fingerprint density at radius 3 is 2.67 bits per heavy atom. The molecule has 0 aromatic heterocycles.